The van der Waals surface area contributed by atoms with Crippen LogP contribution in [0.1, 0.15) is 17.0 Å². The number of thiophene rings is 1. The smallest absolute Gasteiger partial charge is 0.199 e. The number of hydrogen-bond acceptors (Lipinski definition) is 4. The molecule has 23 heavy (non-hydrogen) atoms. The van der Waals surface area contributed by atoms with E-state index in [1.165, 1.54) is 11.1 Å². The van der Waals surface area contributed by atoms with Crippen molar-refractivity contribution in [1.29, 1.82) is 0 Å². The molecule has 0 N–H and O–H groups in total. The van der Waals surface area contributed by atoms with Gasteiger partial charge in [0, 0.05) is 6.54 Å². The highest BCUT2D eigenvalue weighted by atomic mass is 32.1. The van der Waals surface area contributed by atoms with E-state index in [9.17, 15) is 0 Å². The Morgan fingerprint density at radius 1 is 1.17 bits per heavy atom. The van der Waals surface area contributed by atoms with Crippen molar-refractivity contribution < 1.29 is 0 Å². The minimum atomic E-state index is 0.692. The molecule has 6 heteroatoms. The van der Waals surface area contributed by atoms with Crippen molar-refractivity contribution in [2.24, 2.45) is 0 Å². The highest BCUT2D eigenvalue weighted by Crippen LogP contribution is 2.11. The van der Waals surface area contributed by atoms with Crippen LogP contribution >= 0.6 is 23.6 Å². The Balaban J connectivity index is 1.74. The zero-order valence-corrected chi connectivity index (χ0v) is 15.0. The second-order valence-electron chi connectivity index (χ2n) is 5.69. The molecule has 2 aromatic heterocycles. The molecule has 4 nitrogen and oxygen atoms in total. The standard InChI is InChI=1S/C17H20N4S2/c1-14-18-21(13-19(2)10-16-8-9-23-12-16)17(22)20(14)11-15-6-4-3-5-7-15/h3-9,12H,10-11,13H2,1-2H3. The minimum Gasteiger partial charge on any atom is -0.300 e. The number of hydrogen-bond donors (Lipinski definition) is 0. The molecule has 0 spiro atoms. The van der Waals surface area contributed by atoms with Crippen molar-refractivity contribution >= 4 is 23.6 Å². The van der Waals surface area contributed by atoms with Crippen molar-refractivity contribution in [2.45, 2.75) is 26.7 Å². The molecule has 3 rings (SSSR count). The van der Waals surface area contributed by atoms with Gasteiger partial charge in [-0.2, -0.15) is 16.4 Å². The lowest BCUT2D eigenvalue weighted by atomic mass is 10.2. The molecule has 0 atom stereocenters. The summed E-state index contributed by atoms with van der Waals surface area (Å²) in [6.45, 7) is 4.36. The fourth-order valence-corrected chi connectivity index (χ4v) is 3.52. The molecule has 0 aliphatic heterocycles. The Morgan fingerprint density at radius 2 is 1.96 bits per heavy atom. The second kappa shape index (κ2) is 7.21. The Morgan fingerprint density at radius 3 is 2.65 bits per heavy atom. The van der Waals surface area contributed by atoms with Gasteiger partial charge in [-0.05, 0) is 54.1 Å². The summed E-state index contributed by atoms with van der Waals surface area (Å²) < 4.78 is 4.76. The van der Waals surface area contributed by atoms with Crippen LogP contribution in [0.2, 0.25) is 0 Å². The van der Waals surface area contributed by atoms with E-state index in [0.717, 1.165) is 23.7 Å². The van der Waals surface area contributed by atoms with Crippen molar-refractivity contribution in [1.82, 2.24) is 19.2 Å². The first-order valence-electron chi connectivity index (χ1n) is 7.51. The molecule has 0 unspecified atom stereocenters. The van der Waals surface area contributed by atoms with Gasteiger partial charge < -0.3 is 0 Å². The summed E-state index contributed by atoms with van der Waals surface area (Å²) >= 11 is 7.34. The van der Waals surface area contributed by atoms with Gasteiger partial charge in [0.25, 0.3) is 0 Å². The van der Waals surface area contributed by atoms with Crippen molar-refractivity contribution in [2.75, 3.05) is 7.05 Å². The molecule has 2 heterocycles. The van der Waals surface area contributed by atoms with Gasteiger partial charge in [-0.15, -0.1) is 0 Å². The van der Waals surface area contributed by atoms with Gasteiger partial charge in [0.15, 0.2) is 4.77 Å². The highest BCUT2D eigenvalue weighted by Gasteiger charge is 2.10. The summed E-state index contributed by atoms with van der Waals surface area (Å²) in [6, 6.07) is 12.5. The molecule has 0 saturated heterocycles. The Kier molecular flexibility index (Phi) is 5.05. The van der Waals surface area contributed by atoms with Crippen molar-refractivity contribution in [3.8, 4) is 0 Å². The van der Waals surface area contributed by atoms with E-state index in [2.05, 4.69) is 50.6 Å². The van der Waals surface area contributed by atoms with Gasteiger partial charge in [0.1, 0.15) is 5.82 Å². The third kappa shape index (κ3) is 3.96. The van der Waals surface area contributed by atoms with Crippen LogP contribution in [-0.2, 0) is 19.8 Å². The van der Waals surface area contributed by atoms with Crippen LogP contribution in [0.15, 0.2) is 47.2 Å². The Labute approximate surface area is 145 Å². The van der Waals surface area contributed by atoms with Crippen LogP contribution in [0, 0.1) is 11.7 Å². The van der Waals surface area contributed by atoms with Gasteiger partial charge in [-0.25, -0.2) is 4.68 Å². The molecule has 0 radical (unpaired) electrons. The molecule has 120 valence electrons. The van der Waals surface area contributed by atoms with E-state index in [1.807, 2.05) is 29.8 Å². The van der Waals surface area contributed by atoms with E-state index < -0.39 is 0 Å². The lowest BCUT2D eigenvalue weighted by Crippen LogP contribution is -2.22. The Bertz CT molecular complexity index is 803. The summed E-state index contributed by atoms with van der Waals surface area (Å²) in [5.74, 6) is 0.947. The van der Waals surface area contributed by atoms with Crippen LogP contribution < -0.4 is 0 Å². The minimum absolute atomic E-state index is 0.692. The number of aryl methyl sites for hydroxylation is 1. The average molecular weight is 345 g/mol. The quantitative estimate of drug-likeness (QED) is 0.634. The van der Waals surface area contributed by atoms with E-state index in [0.29, 0.717) is 6.67 Å². The predicted octanol–water partition coefficient (Wildman–Crippen LogP) is 3.92. The molecule has 0 fully saturated rings. The fraction of sp³-hybridized carbons (Fsp3) is 0.294. The third-order valence-electron chi connectivity index (χ3n) is 3.70. The molecule has 0 aliphatic carbocycles. The lowest BCUT2D eigenvalue weighted by Gasteiger charge is -2.15. The molecule has 0 amide bonds. The van der Waals surface area contributed by atoms with E-state index in [-0.39, 0.29) is 0 Å². The topological polar surface area (TPSA) is 26.0 Å². The largest absolute Gasteiger partial charge is 0.300 e. The summed E-state index contributed by atoms with van der Waals surface area (Å²) in [4.78, 5) is 2.22. The van der Waals surface area contributed by atoms with Crippen LogP contribution in [0.3, 0.4) is 0 Å². The first kappa shape index (κ1) is 16.1. The molecule has 0 saturated carbocycles. The van der Waals surface area contributed by atoms with Crippen LogP contribution in [-0.4, -0.2) is 26.3 Å². The first-order chi connectivity index (χ1) is 11.1. The second-order valence-corrected chi connectivity index (χ2v) is 6.83. The van der Waals surface area contributed by atoms with E-state index >= 15 is 0 Å². The first-order valence-corrected chi connectivity index (χ1v) is 8.86. The number of nitrogens with zero attached hydrogens (tertiary/aromatic N) is 4. The molecular formula is C17H20N4S2. The maximum absolute atomic E-state index is 5.62. The zero-order valence-electron chi connectivity index (χ0n) is 13.3. The van der Waals surface area contributed by atoms with Gasteiger partial charge in [0.2, 0.25) is 0 Å². The zero-order chi connectivity index (χ0) is 16.2. The van der Waals surface area contributed by atoms with Crippen LogP contribution in [0.25, 0.3) is 0 Å². The molecule has 1 aromatic carbocycles. The summed E-state index contributed by atoms with van der Waals surface area (Å²) in [7, 11) is 2.09. The van der Waals surface area contributed by atoms with Gasteiger partial charge in [-0.1, -0.05) is 30.3 Å². The number of benzene rings is 1. The van der Waals surface area contributed by atoms with Crippen molar-refractivity contribution in [3.05, 3.63) is 68.9 Å². The molecule has 0 bridgehead atoms. The van der Waals surface area contributed by atoms with Gasteiger partial charge in [-0.3, -0.25) is 9.47 Å². The lowest BCUT2D eigenvalue weighted by molar-refractivity contribution is 0.244. The number of rotatable bonds is 6. The molecular weight excluding hydrogens is 324 g/mol. The number of aromatic nitrogens is 3. The van der Waals surface area contributed by atoms with Gasteiger partial charge in [0.05, 0.1) is 13.2 Å². The predicted molar refractivity (Wildman–Crippen MR) is 97.1 cm³/mol. The maximum Gasteiger partial charge on any atom is 0.199 e. The maximum atomic E-state index is 5.62. The normalized spacial score (nSPS) is 11.3. The van der Waals surface area contributed by atoms with Crippen LogP contribution in [0.5, 0.6) is 0 Å². The molecule has 0 aliphatic rings. The average Bonchev–Trinajstić information content (AvgIpc) is 3.12. The highest BCUT2D eigenvalue weighted by molar-refractivity contribution is 7.71. The third-order valence-corrected chi connectivity index (χ3v) is 4.86. The summed E-state index contributed by atoms with van der Waals surface area (Å²) in [6.07, 6.45) is 0. The van der Waals surface area contributed by atoms with Crippen molar-refractivity contribution in [3.63, 3.8) is 0 Å². The monoisotopic (exact) mass is 344 g/mol. The van der Waals surface area contributed by atoms with Gasteiger partial charge >= 0.3 is 0 Å². The summed E-state index contributed by atoms with van der Waals surface area (Å²) in [5.41, 5.74) is 2.56. The SMILES string of the molecule is Cc1nn(CN(C)Cc2ccsc2)c(=S)n1Cc1ccccc1. The Hall–Kier alpha value is -1.76. The molecule has 3 aromatic rings. The van der Waals surface area contributed by atoms with E-state index in [4.69, 9.17) is 12.2 Å². The van der Waals surface area contributed by atoms with E-state index in [1.54, 1.807) is 11.3 Å². The fourth-order valence-electron chi connectivity index (χ4n) is 2.56. The van der Waals surface area contributed by atoms with Crippen LogP contribution in [0.4, 0.5) is 0 Å². The summed E-state index contributed by atoms with van der Waals surface area (Å²) in [5, 5.41) is 8.89.